The first-order valence-corrected chi connectivity index (χ1v) is 13.8. The predicted molar refractivity (Wildman–Crippen MR) is 109 cm³/mol. The summed E-state index contributed by atoms with van der Waals surface area (Å²) < 4.78 is 46.4. The number of ether oxygens (including phenoxy) is 1. The number of aliphatic hydroxyl groups is 2. The van der Waals surface area contributed by atoms with Gasteiger partial charge in [0.15, 0.2) is 17.7 Å². The summed E-state index contributed by atoms with van der Waals surface area (Å²) in [6.07, 6.45) is -3.84. The Balaban J connectivity index is 1.72. The molecule has 6 atom stereocenters. The number of hydrogen-bond acceptors (Lipinski definition) is 12. The van der Waals surface area contributed by atoms with Gasteiger partial charge in [0.2, 0.25) is 0 Å². The zero-order chi connectivity index (χ0) is 25.0. The summed E-state index contributed by atoms with van der Waals surface area (Å²) in [6, 6.07) is 0. The third-order valence-corrected chi connectivity index (χ3v) is 12.0. The zero-order valence-corrected chi connectivity index (χ0v) is 20.0. The number of halogens is 2. The molecule has 0 saturated carbocycles. The van der Waals surface area contributed by atoms with Crippen LogP contribution in [-0.2, 0) is 27.3 Å². The number of anilines is 1. The normalized spacial score (nSPS) is 28.0. The maximum atomic E-state index is 12.0. The van der Waals surface area contributed by atoms with Gasteiger partial charge in [0.05, 0.1) is 12.9 Å². The van der Waals surface area contributed by atoms with E-state index in [1.807, 2.05) is 0 Å². The van der Waals surface area contributed by atoms with Crippen LogP contribution in [0.2, 0.25) is 0 Å². The number of alkyl halides is 2. The van der Waals surface area contributed by atoms with Gasteiger partial charge in [0.25, 0.3) is 0 Å². The summed E-state index contributed by atoms with van der Waals surface area (Å²) >= 11 is 10.3. The van der Waals surface area contributed by atoms with E-state index in [2.05, 4.69) is 23.8 Å². The molecule has 1 aliphatic heterocycles. The Morgan fingerprint density at radius 2 is 1.76 bits per heavy atom. The second-order valence-electron chi connectivity index (χ2n) is 6.55. The van der Waals surface area contributed by atoms with Crippen molar-refractivity contribution in [1.82, 2.24) is 19.5 Å². The number of phosphoric acid groups is 1. The number of phosphoric ester groups is 1. The second kappa shape index (κ2) is 9.04. The summed E-state index contributed by atoms with van der Waals surface area (Å²) in [7, 11) is -17.1. The summed E-state index contributed by atoms with van der Waals surface area (Å²) in [5.41, 5.74) is 5.98. The largest absolute Gasteiger partial charge is 0.479 e. The summed E-state index contributed by atoms with van der Waals surface area (Å²) in [5.74, 6) is 0.0310. The number of fused-ring (bicyclic) bond motifs is 1. The lowest BCUT2D eigenvalue weighted by atomic mass is 10.1. The molecule has 0 amide bonds. The van der Waals surface area contributed by atoms with Gasteiger partial charge in [-0.2, -0.15) is 0 Å². The van der Waals surface area contributed by atoms with E-state index in [4.69, 9.17) is 43.5 Å². The number of nitrogen functional groups attached to an aromatic ring is 1. The number of aliphatic hydroxyl groups excluding tert-OH is 2. The van der Waals surface area contributed by atoms with Crippen LogP contribution in [0.15, 0.2) is 12.7 Å². The van der Waals surface area contributed by atoms with Gasteiger partial charge < -0.3 is 40.3 Å². The maximum Gasteiger partial charge on any atom is 0.479 e. The first-order chi connectivity index (χ1) is 15.0. The van der Waals surface area contributed by atoms with Crippen molar-refractivity contribution in [3.05, 3.63) is 12.7 Å². The van der Waals surface area contributed by atoms with Crippen LogP contribution in [0.25, 0.3) is 11.2 Å². The van der Waals surface area contributed by atoms with Crippen LogP contribution in [0.5, 0.6) is 0 Å². The standard InChI is InChI=1S/C11H16Cl2N5O12P3/c12-11(13,31(21,22)23)32(24,25)30-33(26,27)28-1-4-6(19)7(20)10(29-4)18-3-17-5-8(14)15-2-16-9(5)18/h2-4,6-7,10,19-20H,1H2,(H,24,25)(H,26,27)(H2,14,15,16)(H2,21,22,23)/t4-,6+,7?,10-/m1/s1. The van der Waals surface area contributed by atoms with E-state index in [-0.39, 0.29) is 17.0 Å². The van der Waals surface area contributed by atoms with Crippen LogP contribution in [0, 0.1) is 0 Å². The molecule has 1 fully saturated rings. The Labute approximate surface area is 193 Å². The molecule has 0 aliphatic carbocycles. The monoisotopic (exact) mass is 573 g/mol. The first-order valence-electron chi connectivity index (χ1n) is 8.38. The van der Waals surface area contributed by atoms with E-state index in [0.29, 0.717) is 0 Å². The number of aromatic nitrogens is 4. The van der Waals surface area contributed by atoms with E-state index in [9.17, 15) is 33.7 Å². The molecule has 3 heterocycles. The molecule has 0 aromatic carbocycles. The highest BCUT2D eigenvalue weighted by atomic mass is 35.5. The van der Waals surface area contributed by atoms with Gasteiger partial charge in [-0.3, -0.25) is 18.2 Å². The van der Waals surface area contributed by atoms with Crippen LogP contribution < -0.4 is 5.73 Å². The molecule has 22 heteroatoms. The van der Waals surface area contributed by atoms with Gasteiger partial charge in [-0.25, -0.2) is 23.8 Å². The van der Waals surface area contributed by atoms with E-state index in [1.54, 1.807) is 0 Å². The minimum atomic E-state index is -5.87. The number of hydrogen-bond donors (Lipinski definition) is 7. The molecule has 186 valence electrons. The van der Waals surface area contributed by atoms with Gasteiger partial charge in [0.1, 0.15) is 30.2 Å². The predicted octanol–water partition coefficient (Wildman–Crippen LogP) is -0.387. The second-order valence-corrected chi connectivity index (χ2v) is 14.6. The van der Waals surface area contributed by atoms with Gasteiger partial charge in [-0.15, -0.1) is 0 Å². The SMILES string of the molecule is Nc1ncnc2c1ncn2[C@@H]1O[C@H](COP(=O)(O)OP(=O)(O)C(Cl)(Cl)P(=O)(O)O)[C@H](O)C1O. The molecule has 2 aromatic heterocycles. The third-order valence-electron chi connectivity index (χ3n) is 4.30. The van der Waals surface area contributed by atoms with Crippen molar-refractivity contribution in [1.29, 1.82) is 0 Å². The lowest BCUT2D eigenvalue weighted by Crippen LogP contribution is -2.33. The molecule has 8 N–H and O–H groups in total. The Hall–Kier alpha value is -0.740. The molecule has 0 radical (unpaired) electrons. The van der Waals surface area contributed by atoms with Crippen molar-refractivity contribution >= 4 is 63.2 Å². The van der Waals surface area contributed by atoms with Gasteiger partial charge >= 0.3 is 26.8 Å². The Morgan fingerprint density at radius 3 is 2.36 bits per heavy atom. The Kier molecular flexibility index (Phi) is 7.36. The molecular weight excluding hydrogens is 558 g/mol. The van der Waals surface area contributed by atoms with Crippen LogP contribution in [0.4, 0.5) is 5.82 Å². The van der Waals surface area contributed by atoms with Crippen molar-refractivity contribution in [2.24, 2.45) is 0 Å². The fourth-order valence-electron chi connectivity index (χ4n) is 2.70. The van der Waals surface area contributed by atoms with E-state index >= 15 is 0 Å². The van der Waals surface area contributed by atoms with Crippen LogP contribution in [0.1, 0.15) is 6.23 Å². The van der Waals surface area contributed by atoms with Crippen molar-refractivity contribution in [3.8, 4) is 0 Å². The number of imidazole rings is 1. The molecule has 0 bridgehead atoms. The van der Waals surface area contributed by atoms with E-state index in [1.165, 1.54) is 10.9 Å². The zero-order valence-electron chi connectivity index (χ0n) is 15.8. The Morgan fingerprint density at radius 1 is 1.12 bits per heavy atom. The summed E-state index contributed by atoms with van der Waals surface area (Å²) in [6.45, 7) is -1.00. The molecular formula is C11H16Cl2N5O12P3. The molecule has 1 saturated heterocycles. The fourth-order valence-corrected chi connectivity index (χ4v) is 6.93. The number of nitrogens with two attached hydrogens (primary N) is 1. The highest BCUT2D eigenvalue weighted by molar-refractivity contribution is 7.81. The van der Waals surface area contributed by atoms with Crippen molar-refractivity contribution in [3.63, 3.8) is 0 Å². The topological polar surface area (TPSA) is 270 Å². The van der Waals surface area contributed by atoms with Gasteiger partial charge in [-0.1, -0.05) is 23.2 Å². The fraction of sp³-hybridized carbons (Fsp3) is 0.545. The van der Waals surface area contributed by atoms with E-state index in [0.717, 1.165) is 6.33 Å². The van der Waals surface area contributed by atoms with Gasteiger partial charge in [-0.05, 0) is 0 Å². The molecule has 2 aromatic rings. The number of nitrogens with zero attached hydrogens (tertiary/aromatic N) is 4. The smallest absolute Gasteiger partial charge is 0.387 e. The summed E-state index contributed by atoms with van der Waals surface area (Å²) in [4.78, 5) is 48.9. The van der Waals surface area contributed by atoms with Crippen molar-refractivity contribution in [2.75, 3.05) is 12.3 Å². The van der Waals surface area contributed by atoms with Crippen molar-refractivity contribution < 1.29 is 57.1 Å². The molecule has 3 unspecified atom stereocenters. The highest BCUT2D eigenvalue weighted by Gasteiger charge is 2.62. The van der Waals surface area contributed by atoms with E-state index < -0.39 is 58.0 Å². The van der Waals surface area contributed by atoms with Crippen LogP contribution >= 0.6 is 46.2 Å². The third kappa shape index (κ3) is 5.13. The average molecular weight is 574 g/mol. The summed E-state index contributed by atoms with van der Waals surface area (Å²) in [5, 5.41) is 20.5. The Bertz CT molecular complexity index is 1190. The average Bonchev–Trinajstić information content (AvgIpc) is 3.21. The molecule has 1 aliphatic rings. The minimum Gasteiger partial charge on any atom is -0.387 e. The minimum absolute atomic E-state index is 0.0310. The number of rotatable bonds is 8. The first kappa shape index (κ1) is 26.9. The van der Waals surface area contributed by atoms with Crippen LogP contribution in [-0.4, -0.2) is 78.0 Å². The highest BCUT2D eigenvalue weighted by Crippen LogP contribution is 2.79. The maximum absolute atomic E-state index is 12.0. The van der Waals surface area contributed by atoms with Crippen LogP contribution in [0.3, 0.4) is 0 Å². The quantitative estimate of drug-likeness (QED) is 0.156. The van der Waals surface area contributed by atoms with Gasteiger partial charge in [0, 0.05) is 0 Å². The molecule has 17 nitrogen and oxygen atoms in total. The lowest BCUT2D eigenvalue weighted by molar-refractivity contribution is -0.0501. The molecule has 3 rings (SSSR count). The van der Waals surface area contributed by atoms with Crippen molar-refractivity contribution in [2.45, 2.75) is 28.4 Å². The lowest BCUT2D eigenvalue weighted by Gasteiger charge is -2.26. The molecule has 33 heavy (non-hydrogen) atoms. The molecule has 0 spiro atoms.